The van der Waals surface area contributed by atoms with Crippen LogP contribution in [0.4, 0.5) is 0 Å². The van der Waals surface area contributed by atoms with Gasteiger partial charge in [-0.3, -0.25) is 9.59 Å². The van der Waals surface area contributed by atoms with Crippen molar-refractivity contribution in [3.05, 3.63) is 35.1 Å². The molecule has 9 nitrogen and oxygen atoms in total. The Morgan fingerprint density at radius 3 is 2.74 bits per heavy atom. The number of carbonyl (C=O) groups is 3. The van der Waals surface area contributed by atoms with Crippen molar-refractivity contribution in [2.45, 2.75) is 75.1 Å². The zero-order valence-corrected chi connectivity index (χ0v) is 19.2. The van der Waals surface area contributed by atoms with E-state index in [9.17, 15) is 19.5 Å². The second-order valence-electron chi connectivity index (χ2n) is 9.57. The van der Waals surface area contributed by atoms with Crippen LogP contribution < -0.4 is 9.47 Å². The van der Waals surface area contributed by atoms with Gasteiger partial charge in [-0.2, -0.15) is 0 Å². The molecule has 182 valence electrons. The third-order valence-corrected chi connectivity index (χ3v) is 7.89. The summed E-state index contributed by atoms with van der Waals surface area (Å²) in [6.45, 7) is 1.24. The van der Waals surface area contributed by atoms with Gasteiger partial charge in [0.2, 0.25) is 0 Å². The van der Waals surface area contributed by atoms with Gasteiger partial charge < -0.3 is 29.2 Å². The third kappa shape index (κ3) is 3.13. The zero-order chi connectivity index (χ0) is 24.3. The smallest absolute Gasteiger partial charge is 0.344 e. The summed E-state index contributed by atoms with van der Waals surface area (Å²) in [5, 5.41) is 20.9. The molecule has 0 radical (unpaired) electrons. The quantitative estimate of drug-likeness (QED) is 0.575. The minimum Gasteiger partial charge on any atom is -0.493 e. The third-order valence-electron chi connectivity index (χ3n) is 7.89. The molecule has 1 saturated carbocycles. The molecule has 0 aromatic heterocycles. The fraction of sp³-hybridized carbons (Fsp3) is 0.560. The highest BCUT2D eigenvalue weighted by Crippen LogP contribution is 2.67. The molecule has 2 bridgehead atoms. The second kappa shape index (κ2) is 8.01. The van der Waals surface area contributed by atoms with Crippen LogP contribution in [-0.4, -0.2) is 53.0 Å². The maximum absolute atomic E-state index is 12.6. The highest BCUT2D eigenvalue weighted by Gasteiger charge is 2.70. The molecular weight excluding hydrogens is 444 g/mol. The maximum Gasteiger partial charge on any atom is 0.344 e. The molecule has 1 spiro atoms. The normalized spacial score (nSPS) is 30.9. The van der Waals surface area contributed by atoms with Crippen molar-refractivity contribution in [3.8, 4) is 11.5 Å². The molecule has 1 heterocycles. The van der Waals surface area contributed by atoms with Gasteiger partial charge in [-0.15, -0.1) is 0 Å². The predicted octanol–water partition coefficient (Wildman–Crippen LogP) is 2.41. The molecule has 1 aliphatic heterocycles. The topological polar surface area (TPSA) is 129 Å². The summed E-state index contributed by atoms with van der Waals surface area (Å²) < 4.78 is 22.4. The Bertz CT molecular complexity index is 1090. The van der Waals surface area contributed by atoms with Gasteiger partial charge in [0.25, 0.3) is 0 Å². The number of carboxylic acid groups (broad SMARTS) is 1. The minimum atomic E-state index is -1.29. The van der Waals surface area contributed by atoms with Crippen LogP contribution >= 0.6 is 0 Å². The van der Waals surface area contributed by atoms with Crippen molar-refractivity contribution >= 4 is 17.9 Å². The largest absolute Gasteiger partial charge is 0.493 e. The first-order valence-electron chi connectivity index (χ1n) is 11.6. The van der Waals surface area contributed by atoms with Crippen molar-refractivity contribution in [1.29, 1.82) is 0 Å². The standard InChI is InChI=1S/C25H28O9/c1-13(23(28)29)32-18(26)7-8-19(27)33-17-9-11-25(30)15-4-3-10-24(25)20-14(12-15)5-6-16(31-2)21(20)34-22(17)24/h5-6,9,13,15,22,30H,3-4,7-8,10-12H2,1-2H3,(H,28,29)/t13-,15+,22-,24-,25+/m0/s1. The lowest BCUT2D eigenvalue weighted by Crippen LogP contribution is -2.67. The number of hydrogen-bond acceptors (Lipinski definition) is 8. The van der Waals surface area contributed by atoms with E-state index < -0.39 is 41.1 Å². The number of carboxylic acids is 1. The summed E-state index contributed by atoms with van der Waals surface area (Å²) in [6.07, 6.45) is 2.85. The van der Waals surface area contributed by atoms with E-state index in [4.69, 9.17) is 24.1 Å². The first-order valence-corrected chi connectivity index (χ1v) is 11.6. The molecule has 2 N–H and O–H groups in total. The highest BCUT2D eigenvalue weighted by molar-refractivity contribution is 5.81. The van der Waals surface area contributed by atoms with Crippen LogP contribution in [-0.2, 0) is 35.7 Å². The van der Waals surface area contributed by atoms with Crippen LogP contribution in [0.2, 0.25) is 0 Å². The monoisotopic (exact) mass is 472 g/mol. The number of aliphatic hydroxyl groups is 1. The second-order valence-corrected chi connectivity index (χ2v) is 9.57. The molecule has 0 unspecified atom stereocenters. The summed E-state index contributed by atoms with van der Waals surface area (Å²) >= 11 is 0. The van der Waals surface area contributed by atoms with Gasteiger partial charge in [0.1, 0.15) is 5.76 Å². The summed E-state index contributed by atoms with van der Waals surface area (Å²) in [6, 6.07) is 3.91. The minimum absolute atomic E-state index is 0.0821. The molecule has 0 saturated heterocycles. The lowest BCUT2D eigenvalue weighted by atomic mass is 9.47. The van der Waals surface area contributed by atoms with E-state index in [-0.39, 0.29) is 18.8 Å². The van der Waals surface area contributed by atoms with E-state index in [1.165, 1.54) is 6.92 Å². The number of carbonyl (C=O) groups excluding carboxylic acids is 2. The van der Waals surface area contributed by atoms with Gasteiger partial charge in [-0.25, -0.2) is 4.79 Å². The van der Waals surface area contributed by atoms with Crippen molar-refractivity contribution in [1.82, 2.24) is 0 Å². The van der Waals surface area contributed by atoms with Gasteiger partial charge in [0.05, 0.1) is 31.0 Å². The summed E-state index contributed by atoms with van der Waals surface area (Å²) in [7, 11) is 1.57. The molecule has 9 heteroatoms. The first kappa shape index (κ1) is 22.7. The number of hydrogen-bond donors (Lipinski definition) is 2. The Labute approximate surface area is 196 Å². The SMILES string of the molecule is COc1ccc2c3c1O[C@H]1C(OC(=O)CCC(=O)O[C@@H](C)C(=O)O)=CC[C@@]4(O)[C@H](CCC[C@]314)C2. The van der Waals surface area contributed by atoms with Gasteiger partial charge in [0.15, 0.2) is 23.7 Å². The number of ether oxygens (including phenoxy) is 4. The van der Waals surface area contributed by atoms with Crippen molar-refractivity contribution < 1.29 is 43.5 Å². The average molecular weight is 472 g/mol. The Morgan fingerprint density at radius 1 is 1.24 bits per heavy atom. The molecule has 1 aromatic rings. The predicted molar refractivity (Wildman–Crippen MR) is 116 cm³/mol. The molecule has 0 amide bonds. The number of rotatable bonds is 7. The molecule has 34 heavy (non-hydrogen) atoms. The number of methoxy groups -OCH3 is 1. The van der Waals surface area contributed by atoms with E-state index >= 15 is 0 Å². The lowest BCUT2D eigenvalue weighted by Gasteiger charge is -2.59. The molecular formula is C25H28O9. The molecule has 1 aromatic carbocycles. The summed E-state index contributed by atoms with van der Waals surface area (Å²) in [4.78, 5) is 35.3. The first-order chi connectivity index (χ1) is 16.2. The van der Waals surface area contributed by atoms with E-state index in [1.807, 2.05) is 12.1 Å². The van der Waals surface area contributed by atoms with Gasteiger partial charge in [0, 0.05) is 5.56 Å². The van der Waals surface area contributed by atoms with E-state index in [1.54, 1.807) is 13.2 Å². The van der Waals surface area contributed by atoms with Crippen molar-refractivity contribution in [2.75, 3.05) is 7.11 Å². The van der Waals surface area contributed by atoms with Crippen LogP contribution in [0.3, 0.4) is 0 Å². The molecule has 1 fully saturated rings. The van der Waals surface area contributed by atoms with E-state index in [0.29, 0.717) is 30.1 Å². The van der Waals surface area contributed by atoms with Gasteiger partial charge >= 0.3 is 17.9 Å². The molecule has 4 aliphatic rings. The van der Waals surface area contributed by atoms with Crippen molar-refractivity contribution in [3.63, 3.8) is 0 Å². The fourth-order valence-corrected chi connectivity index (χ4v) is 6.37. The molecule has 3 aliphatic carbocycles. The zero-order valence-electron chi connectivity index (χ0n) is 19.2. The Hall–Kier alpha value is -3.07. The maximum atomic E-state index is 12.6. The van der Waals surface area contributed by atoms with Crippen LogP contribution in [0.25, 0.3) is 0 Å². The fourth-order valence-electron chi connectivity index (χ4n) is 6.37. The highest BCUT2D eigenvalue weighted by atomic mass is 16.6. The molecule has 5 rings (SSSR count). The summed E-state index contributed by atoms with van der Waals surface area (Å²) in [5.74, 6) is -1.12. The van der Waals surface area contributed by atoms with Crippen LogP contribution in [0, 0.1) is 5.92 Å². The van der Waals surface area contributed by atoms with Gasteiger partial charge in [-0.05, 0) is 56.2 Å². The Balaban J connectivity index is 1.39. The number of benzene rings is 1. The van der Waals surface area contributed by atoms with Crippen molar-refractivity contribution in [2.24, 2.45) is 5.92 Å². The summed E-state index contributed by atoms with van der Waals surface area (Å²) in [5.41, 5.74) is 0.361. The number of esters is 2. The number of aliphatic carboxylic acids is 1. The Kier molecular flexibility index (Phi) is 5.35. The Morgan fingerprint density at radius 2 is 2.00 bits per heavy atom. The van der Waals surface area contributed by atoms with Crippen LogP contribution in [0.5, 0.6) is 11.5 Å². The van der Waals surface area contributed by atoms with E-state index in [2.05, 4.69) is 0 Å². The van der Waals surface area contributed by atoms with Crippen LogP contribution in [0.15, 0.2) is 24.0 Å². The van der Waals surface area contributed by atoms with Gasteiger partial charge in [-0.1, -0.05) is 12.5 Å². The van der Waals surface area contributed by atoms with E-state index in [0.717, 1.165) is 30.4 Å². The molecule has 5 atom stereocenters. The van der Waals surface area contributed by atoms with Crippen LogP contribution in [0.1, 0.15) is 56.6 Å². The lowest BCUT2D eigenvalue weighted by molar-refractivity contribution is -0.164. The average Bonchev–Trinajstić information content (AvgIpc) is 3.14.